The molecule has 2 N–H and O–H groups in total. The molecular weight excluding hydrogens is 378 g/mol. The lowest BCUT2D eigenvalue weighted by atomic mass is 10.2. The van der Waals surface area contributed by atoms with E-state index in [2.05, 4.69) is 10.6 Å². The first-order chi connectivity index (χ1) is 13.6. The minimum absolute atomic E-state index is 0.0510. The molecule has 0 radical (unpaired) electrons. The Morgan fingerprint density at radius 1 is 1.11 bits per heavy atom. The minimum Gasteiger partial charge on any atom is -0.495 e. The maximum Gasteiger partial charge on any atom is 0.253 e. The summed E-state index contributed by atoms with van der Waals surface area (Å²) in [6.07, 6.45) is 2.41. The fourth-order valence-electron chi connectivity index (χ4n) is 3.15. The van der Waals surface area contributed by atoms with E-state index in [-0.39, 0.29) is 18.2 Å². The normalized spacial score (nSPS) is 13.3. The summed E-state index contributed by atoms with van der Waals surface area (Å²) in [6.45, 7) is 2.08. The molecule has 7 heteroatoms. The van der Waals surface area contributed by atoms with Crippen molar-refractivity contribution >= 4 is 34.8 Å². The van der Waals surface area contributed by atoms with E-state index in [1.807, 2.05) is 4.90 Å². The zero-order valence-electron chi connectivity index (χ0n) is 15.8. The van der Waals surface area contributed by atoms with Gasteiger partial charge < -0.3 is 20.3 Å². The predicted molar refractivity (Wildman–Crippen MR) is 111 cm³/mol. The number of carbonyl (C=O) groups excluding carboxylic acids is 2. The maximum atomic E-state index is 12.3. The molecule has 2 aromatic carbocycles. The Balaban J connectivity index is 1.48. The van der Waals surface area contributed by atoms with Gasteiger partial charge in [-0.3, -0.25) is 9.59 Å². The van der Waals surface area contributed by atoms with Crippen molar-refractivity contribution in [3.05, 3.63) is 53.1 Å². The summed E-state index contributed by atoms with van der Waals surface area (Å²) in [5.74, 6) is 0.602. The van der Waals surface area contributed by atoms with E-state index >= 15 is 0 Å². The van der Waals surface area contributed by atoms with Crippen molar-refractivity contribution in [1.82, 2.24) is 4.90 Å². The molecule has 0 saturated carbocycles. The van der Waals surface area contributed by atoms with E-state index in [0.29, 0.717) is 28.6 Å². The van der Waals surface area contributed by atoms with Gasteiger partial charge in [-0.2, -0.15) is 0 Å². The molecule has 2 aromatic rings. The summed E-state index contributed by atoms with van der Waals surface area (Å²) in [6, 6.07) is 12.3. The first kappa shape index (κ1) is 20.0. The van der Waals surface area contributed by atoms with Crippen LogP contribution in [0.3, 0.4) is 0 Å². The van der Waals surface area contributed by atoms with Gasteiger partial charge in [0.15, 0.2) is 0 Å². The van der Waals surface area contributed by atoms with Gasteiger partial charge in [-0.1, -0.05) is 11.6 Å². The van der Waals surface area contributed by atoms with Crippen molar-refractivity contribution < 1.29 is 14.3 Å². The molecule has 0 spiro atoms. The van der Waals surface area contributed by atoms with Crippen molar-refractivity contribution in [3.63, 3.8) is 0 Å². The van der Waals surface area contributed by atoms with Gasteiger partial charge in [0.25, 0.3) is 5.91 Å². The lowest BCUT2D eigenvalue weighted by Gasteiger charge is -2.15. The summed E-state index contributed by atoms with van der Waals surface area (Å²) in [5, 5.41) is 6.59. The van der Waals surface area contributed by atoms with Crippen molar-refractivity contribution in [2.45, 2.75) is 19.3 Å². The number of nitrogens with zero attached hydrogens (tertiary/aromatic N) is 1. The number of rotatable bonds is 7. The molecular formula is C21H24ClN3O3. The Labute approximate surface area is 169 Å². The van der Waals surface area contributed by atoms with Crippen molar-refractivity contribution in [2.24, 2.45) is 0 Å². The molecule has 1 fully saturated rings. The Morgan fingerprint density at radius 2 is 1.82 bits per heavy atom. The molecule has 0 aliphatic carbocycles. The van der Waals surface area contributed by atoms with E-state index in [1.54, 1.807) is 49.6 Å². The SMILES string of the molecule is COc1ccc(Cl)cc1NCCC(=O)Nc1ccc(C(=O)N2CCCC2)cc1. The van der Waals surface area contributed by atoms with E-state index < -0.39 is 0 Å². The Bertz CT molecular complexity index is 833. The maximum absolute atomic E-state index is 12.3. The zero-order chi connectivity index (χ0) is 19.9. The fraction of sp³-hybridized carbons (Fsp3) is 0.333. The topological polar surface area (TPSA) is 70.7 Å². The number of likely N-dealkylation sites (tertiary alicyclic amines) is 1. The Hall–Kier alpha value is -2.73. The van der Waals surface area contributed by atoms with Crippen LogP contribution in [0.25, 0.3) is 0 Å². The van der Waals surface area contributed by atoms with Gasteiger partial charge in [0.1, 0.15) is 5.75 Å². The minimum atomic E-state index is -0.118. The zero-order valence-corrected chi connectivity index (χ0v) is 16.6. The molecule has 3 rings (SSSR count). The van der Waals surface area contributed by atoms with Gasteiger partial charge in [0.05, 0.1) is 12.8 Å². The van der Waals surface area contributed by atoms with E-state index in [0.717, 1.165) is 31.6 Å². The molecule has 1 saturated heterocycles. The summed E-state index contributed by atoms with van der Waals surface area (Å²) in [5.41, 5.74) is 2.06. The fourth-order valence-corrected chi connectivity index (χ4v) is 3.32. The number of nitrogens with one attached hydrogen (secondary N) is 2. The van der Waals surface area contributed by atoms with Crippen LogP contribution in [-0.2, 0) is 4.79 Å². The largest absolute Gasteiger partial charge is 0.495 e. The predicted octanol–water partition coefficient (Wildman–Crippen LogP) is 4.03. The molecule has 0 aromatic heterocycles. The summed E-state index contributed by atoms with van der Waals surface area (Å²) in [7, 11) is 1.58. The van der Waals surface area contributed by atoms with Crippen molar-refractivity contribution in [2.75, 3.05) is 37.4 Å². The van der Waals surface area contributed by atoms with Gasteiger partial charge in [0.2, 0.25) is 5.91 Å². The molecule has 0 bridgehead atoms. The second-order valence-corrected chi connectivity index (χ2v) is 7.08. The second kappa shape index (κ2) is 9.46. The van der Waals surface area contributed by atoms with Crippen molar-refractivity contribution in [3.8, 4) is 5.75 Å². The molecule has 1 aliphatic heterocycles. The third-order valence-corrected chi connectivity index (χ3v) is 4.87. The lowest BCUT2D eigenvalue weighted by Crippen LogP contribution is -2.27. The van der Waals surface area contributed by atoms with Gasteiger partial charge in [-0.05, 0) is 55.3 Å². The van der Waals surface area contributed by atoms with Crippen LogP contribution in [0, 0.1) is 0 Å². The summed E-state index contributed by atoms with van der Waals surface area (Å²) >= 11 is 6.00. The molecule has 1 aliphatic rings. The van der Waals surface area contributed by atoms with E-state index in [9.17, 15) is 9.59 Å². The van der Waals surface area contributed by atoms with Crippen LogP contribution in [0.1, 0.15) is 29.6 Å². The number of benzene rings is 2. The molecule has 2 amide bonds. The number of hydrogen-bond acceptors (Lipinski definition) is 4. The molecule has 0 atom stereocenters. The quantitative estimate of drug-likeness (QED) is 0.735. The number of halogens is 1. The smallest absolute Gasteiger partial charge is 0.253 e. The Kier molecular flexibility index (Phi) is 6.76. The number of carbonyl (C=O) groups is 2. The average molecular weight is 402 g/mol. The first-order valence-electron chi connectivity index (χ1n) is 9.33. The van der Waals surface area contributed by atoms with Gasteiger partial charge in [0, 0.05) is 42.3 Å². The number of ether oxygens (including phenoxy) is 1. The first-order valence-corrected chi connectivity index (χ1v) is 9.71. The van der Waals surface area contributed by atoms with Gasteiger partial charge in [-0.15, -0.1) is 0 Å². The highest BCUT2D eigenvalue weighted by molar-refractivity contribution is 6.30. The number of anilines is 2. The Morgan fingerprint density at radius 3 is 2.50 bits per heavy atom. The molecule has 0 unspecified atom stereocenters. The van der Waals surface area contributed by atoms with Crippen LogP contribution in [0.5, 0.6) is 5.75 Å². The van der Waals surface area contributed by atoms with Crippen LogP contribution in [-0.4, -0.2) is 43.5 Å². The molecule has 6 nitrogen and oxygen atoms in total. The third-order valence-electron chi connectivity index (χ3n) is 4.64. The van der Waals surface area contributed by atoms with Crippen LogP contribution >= 0.6 is 11.6 Å². The van der Waals surface area contributed by atoms with Gasteiger partial charge >= 0.3 is 0 Å². The molecule has 28 heavy (non-hydrogen) atoms. The van der Waals surface area contributed by atoms with Gasteiger partial charge in [-0.25, -0.2) is 0 Å². The summed E-state index contributed by atoms with van der Waals surface area (Å²) < 4.78 is 5.27. The van der Waals surface area contributed by atoms with Crippen LogP contribution in [0.15, 0.2) is 42.5 Å². The number of amides is 2. The highest BCUT2D eigenvalue weighted by Gasteiger charge is 2.19. The number of methoxy groups -OCH3 is 1. The number of hydrogen-bond donors (Lipinski definition) is 2. The highest BCUT2D eigenvalue weighted by atomic mass is 35.5. The third kappa shape index (κ3) is 5.16. The average Bonchev–Trinajstić information content (AvgIpc) is 3.23. The van der Waals surface area contributed by atoms with Crippen molar-refractivity contribution in [1.29, 1.82) is 0 Å². The summed E-state index contributed by atoms with van der Waals surface area (Å²) in [4.78, 5) is 26.4. The molecule has 1 heterocycles. The monoisotopic (exact) mass is 401 g/mol. The van der Waals surface area contributed by atoms with E-state index in [4.69, 9.17) is 16.3 Å². The van der Waals surface area contributed by atoms with Crippen LogP contribution in [0.4, 0.5) is 11.4 Å². The van der Waals surface area contributed by atoms with Crippen LogP contribution < -0.4 is 15.4 Å². The molecule has 148 valence electrons. The van der Waals surface area contributed by atoms with Crippen LogP contribution in [0.2, 0.25) is 5.02 Å². The lowest BCUT2D eigenvalue weighted by molar-refractivity contribution is -0.115. The highest BCUT2D eigenvalue weighted by Crippen LogP contribution is 2.27. The standard InChI is InChI=1S/C21H24ClN3O3/c1-28-19-9-6-16(22)14-18(19)23-11-10-20(26)24-17-7-4-15(5-8-17)21(27)25-12-2-3-13-25/h4-9,14,23H,2-3,10-13H2,1H3,(H,24,26). The van der Waals surface area contributed by atoms with E-state index in [1.165, 1.54) is 0 Å². The second-order valence-electron chi connectivity index (χ2n) is 6.65.